The quantitative estimate of drug-likeness (QED) is 0.662. The van der Waals surface area contributed by atoms with Crippen LogP contribution in [0.3, 0.4) is 0 Å². The lowest BCUT2D eigenvalue weighted by Crippen LogP contribution is -2.37. The molecule has 0 aliphatic heterocycles. The number of ether oxygens (including phenoxy) is 1. The minimum absolute atomic E-state index is 0.0304. The molecular weight excluding hydrogens is 240 g/mol. The molecule has 1 amide bonds. The largest absolute Gasteiger partial charge is 0.382 e. The van der Waals surface area contributed by atoms with Crippen LogP contribution < -0.4 is 11.1 Å². The van der Waals surface area contributed by atoms with Crippen molar-refractivity contribution in [1.82, 2.24) is 5.32 Å². The van der Waals surface area contributed by atoms with E-state index < -0.39 is 0 Å². The Balaban J connectivity index is 2.31. The van der Waals surface area contributed by atoms with Crippen LogP contribution in [0.2, 0.25) is 0 Å². The molecule has 0 spiro atoms. The van der Waals surface area contributed by atoms with Crippen molar-refractivity contribution >= 4 is 5.91 Å². The van der Waals surface area contributed by atoms with Crippen LogP contribution in [-0.2, 0) is 16.0 Å². The fourth-order valence-electron chi connectivity index (χ4n) is 1.86. The zero-order valence-electron chi connectivity index (χ0n) is 11.6. The van der Waals surface area contributed by atoms with Gasteiger partial charge in [-0.2, -0.15) is 0 Å². The first-order valence-electron chi connectivity index (χ1n) is 6.87. The molecule has 1 aromatic rings. The van der Waals surface area contributed by atoms with Gasteiger partial charge in [0.1, 0.15) is 0 Å². The van der Waals surface area contributed by atoms with Crippen LogP contribution in [0.15, 0.2) is 30.3 Å². The summed E-state index contributed by atoms with van der Waals surface area (Å²) >= 11 is 0. The highest BCUT2D eigenvalue weighted by Crippen LogP contribution is 2.07. The third-order valence-corrected chi connectivity index (χ3v) is 2.95. The molecule has 1 unspecified atom stereocenters. The van der Waals surface area contributed by atoms with Crippen LogP contribution >= 0.6 is 0 Å². The van der Waals surface area contributed by atoms with Crippen LogP contribution in [0.5, 0.6) is 0 Å². The summed E-state index contributed by atoms with van der Waals surface area (Å²) in [6.07, 6.45) is 1.52. The molecule has 0 bridgehead atoms. The lowest BCUT2D eigenvalue weighted by Gasteiger charge is -2.15. The minimum Gasteiger partial charge on any atom is -0.382 e. The average molecular weight is 264 g/mol. The molecule has 0 saturated heterocycles. The van der Waals surface area contributed by atoms with E-state index in [1.165, 1.54) is 0 Å². The number of nitrogens with two attached hydrogens (primary N) is 1. The van der Waals surface area contributed by atoms with Gasteiger partial charge in [0, 0.05) is 26.3 Å². The molecule has 0 saturated carbocycles. The van der Waals surface area contributed by atoms with Crippen molar-refractivity contribution in [2.24, 2.45) is 11.7 Å². The van der Waals surface area contributed by atoms with Crippen LogP contribution in [0.1, 0.15) is 18.9 Å². The Labute approximate surface area is 115 Å². The Morgan fingerprint density at radius 2 is 2.11 bits per heavy atom. The van der Waals surface area contributed by atoms with E-state index in [1.807, 2.05) is 37.3 Å². The Bertz CT molecular complexity index is 354. The van der Waals surface area contributed by atoms with Crippen LogP contribution in [0.4, 0.5) is 0 Å². The standard InChI is InChI=1S/C15H24N2O2/c1-2-19-10-6-9-17-15(18)14(12-16)11-13-7-4-3-5-8-13/h3-5,7-8,14H,2,6,9-12,16H2,1H3,(H,17,18). The summed E-state index contributed by atoms with van der Waals surface area (Å²) in [6, 6.07) is 9.95. The summed E-state index contributed by atoms with van der Waals surface area (Å²) in [5, 5.41) is 2.91. The maximum Gasteiger partial charge on any atom is 0.224 e. The van der Waals surface area contributed by atoms with Gasteiger partial charge >= 0.3 is 0 Å². The van der Waals surface area contributed by atoms with Gasteiger partial charge in [-0.1, -0.05) is 30.3 Å². The number of benzene rings is 1. The zero-order chi connectivity index (χ0) is 13.9. The van der Waals surface area contributed by atoms with Crippen molar-refractivity contribution in [3.05, 3.63) is 35.9 Å². The van der Waals surface area contributed by atoms with E-state index in [0.29, 0.717) is 32.7 Å². The lowest BCUT2D eigenvalue weighted by molar-refractivity contribution is -0.124. The summed E-state index contributed by atoms with van der Waals surface area (Å²) in [7, 11) is 0. The molecule has 106 valence electrons. The van der Waals surface area contributed by atoms with Crippen LogP contribution in [0, 0.1) is 5.92 Å². The number of nitrogens with one attached hydrogen (secondary N) is 1. The molecule has 4 heteroatoms. The molecular formula is C15H24N2O2. The maximum atomic E-state index is 12.0. The van der Waals surface area contributed by atoms with E-state index in [1.54, 1.807) is 0 Å². The van der Waals surface area contributed by atoms with Gasteiger partial charge in [0.15, 0.2) is 0 Å². The number of carbonyl (C=O) groups is 1. The highest BCUT2D eigenvalue weighted by Gasteiger charge is 2.16. The molecule has 1 aromatic carbocycles. The van der Waals surface area contributed by atoms with Gasteiger partial charge in [-0.3, -0.25) is 4.79 Å². The number of rotatable bonds is 9. The third-order valence-electron chi connectivity index (χ3n) is 2.95. The second-order valence-corrected chi connectivity index (χ2v) is 4.46. The molecule has 0 fully saturated rings. The summed E-state index contributed by atoms with van der Waals surface area (Å²) in [5.41, 5.74) is 6.83. The number of hydrogen-bond donors (Lipinski definition) is 2. The lowest BCUT2D eigenvalue weighted by atomic mass is 9.98. The Morgan fingerprint density at radius 3 is 2.74 bits per heavy atom. The fourth-order valence-corrected chi connectivity index (χ4v) is 1.86. The molecule has 4 nitrogen and oxygen atoms in total. The molecule has 0 radical (unpaired) electrons. The van der Waals surface area contributed by atoms with E-state index in [0.717, 1.165) is 12.0 Å². The van der Waals surface area contributed by atoms with Crippen LogP contribution in [-0.4, -0.2) is 32.2 Å². The van der Waals surface area contributed by atoms with Crippen molar-refractivity contribution in [2.75, 3.05) is 26.3 Å². The second-order valence-electron chi connectivity index (χ2n) is 4.46. The van der Waals surface area contributed by atoms with Crippen molar-refractivity contribution in [1.29, 1.82) is 0 Å². The van der Waals surface area contributed by atoms with E-state index in [-0.39, 0.29) is 11.8 Å². The smallest absolute Gasteiger partial charge is 0.224 e. The van der Waals surface area contributed by atoms with Gasteiger partial charge < -0.3 is 15.8 Å². The predicted molar refractivity (Wildman–Crippen MR) is 76.8 cm³/mol. The van der Waals surface area contributed by atoms with E-state index in [9.17, 15) is 4.79 Å². The van der Waals surface area contributed by atoms with Gasteiger partial charge in [0.25, 0.3) is 0 Å². The molecule has 1 atom stereocenters. The first kappa shape index (κ1) is 15.7. The fraction of sp³-hybridized carbons (Fsp3) is 0.533. The first-order valence-corrected chi connectivity index (χ1v) is 6.87. The molecule has 0 aromatic heterocycles. The topological polar surface area (TPSA) is 64.3 Å². The molecule has 3 N–H and O–H groups in total. The number of amides is 1. The summed E-state index contributed by atoms with van der Waals surface area (Å²) < 4.78 is 5.22. The predicted octanol–water partition coefficient (Wildman–Crippen LogP) is 1.35. The third kappa shape index (κ3) is 6.36. The van der Waals surface area contributed by atoms with Crippen molar-refractivity contribution < 1.29 is 9.53 Å². The van der Waals surface area contributed by atoms with Crippen molar-refractivity contribution in [3.63, 3.8) is 0 Å². The summed E-state index contributed by atoms with van der Waals surface area (Å²) in [5.74, 6) is -0.127. The minimum atomic E-state index is -0.158. The van der Waals surface area contributed by atoms with Crippen LogP contribution in [0.25, 0.3) is 0 Å². The Morgan fingerprint density at radius 1 is 1.37 bits per heavy atom. The van der Waals surface area contributed by atoms with Gasteiger partial charge in [0.05, 0.1) is 5.92 Å². The highest BCUT2D eigenvalue weighted by atomic mass is 16.5. The Kier molecular flexibility index (Phi) is 7.86. The number of carbonyl (C=O) groups excluding carboxylic acids is 1. The molecule has 0 aliphatic rings. The summed E-state index contributed by atoms with van der Waals surface area (Å²) in [6.45, 7) is 4.37. The van der Waals surface area contributed by atoms with Gasteiger partial charge in [-0.25, -0.2) is 0 Å². The normalized spacial score (nSPS) is 12.1. The Hall–Kier alpha value is -1.39. The highest BCUT2D eigenvalue weighted by molar-refractivity contribution is 5.79. The first-order chi connectivity index (χ1) is 9.27. The van der Waals surface area contributed by atoms with E-state index >= 15 is 0 Å². The molecule has 0 aliphatic carbocycles. The van der Waals surface area contributed by atoms with Gasteiger partial charge in [0.2, 0.25) is 5.91 Å². The zero-order valence-corrected chi connectivity index (χ0v) is 11.6. The van der Waals surface area contributed by atoms with E-state index in [2.05, 4.69) is 5.32 Å². The monoisotopic (exact) mass is 264 g/mol. The summed E-state index contributed by atoms with van der Waals surface area (Å²) in [4.78, 5) is 12.0. The number of hydrogen-bond acceptors (Lipinski definition) is 3. The molecule has 19 heavy (non-hydrogen) atoms. The second kappa shape index (κ2) is 9.53. The molecule has 1 rings (SSSR count). The van der Waals surface area contributed by atoms with Gasteiger partial charge in [-0.15, -0.1) is 0 Å². The van der Waals surface area contributed by atoms with Gasteiger partial charge in [-0.05, 0) is 25.3 Å². The maximum absolute atomic E-state index is 12.0. The van der Waals surface area contributed by atoms with Crippen molar-refractivity contribution in [2.45, 2.75) is 19.8 Å². The van der Waals surface area contributed by atoms with Crippen molar-refractivity contribution in [3.8, 4) is 0 Å². The average Bonchev–Trinajstić information content (AvgIpc) is 2.45. The molecule has 0 heterocycles. The van der Waals surface area contributed by atoms with E-state index in [4.69, 9.17) is 10.5 Å². The SMILES string of the molecule is CCOCCCNC(=O)C(CN)Cc1ccccc1.